The van der Waals surface area contributed by atoms with Crippen LogP contribution in [0.4, 0.5) is 11.4 Å². The van der Waals surface area contributed by atoms with Crippen molar-refractivity contribution in [1.29, 1.82) is 0 Å². The highest BCUT2D eigenvalue weighted by Gasteiger charge is 2.20. The van der Waals surface area contributed by atoms with E-state index >= 15 is 0 Å². The second-order valence-corrected chi connectivity index (χ2v) is 4.97. The van der Waals surface area contributed by atoms with Crippen LogP contribution in [0.15, 0.2) is 18.2 Å². The number of nitrogens with one attached hydrogen (secondary N) is 1. The van der Waals surface area contributed by atoms with Crippen molar-refractivity contribution in [3.8, 4) is 5.75 Å². The lowest BCUT2D eigenvalue weighted by Crippen LogP contribution is -2.30. The van der Waals surface area contributed by atoms with Gasteiger partial charge in [-0.25, -0.2) is 0 Å². The Kier molecular flexibility index (Phi) is 6.84. The van der Waals surface area contributed by atoms with E-state index < -0.39 is 22.9 Å². The molecule has 0 aromatic heterocycles. The van der Waals surface area contributed by atoms with Crippen molar-refractivity contribution in [2.24, 2.45) is 0 Å². The van der Waals surface area contributed by atoms with Crippen molar-refractivity contribution in [2.75, 3.05) is 12.4 Å². The predicted octanol–water partition coefficient (Wildman–Crippen LogP) is 1.84. The van der Waals surface area contributed by atoms with Crippen LogP contribution < -0.4 is 10.1 Å². The fourth-order valence-electron chi connectivity index (χ4n) is 1.72. The largest absolute Gasteiger partial charge is 0.494 e. The number of amides is 1. The average molecular weight is 338 g/mol. The normalized spacial score (nSPS) is 11.3. The summed E-state index contributed by atoms with van der Waals surface area (Å²) in [6, 6.07) is 3.69. The second-order valence-electron chi connectivity index (χ2n) is 4.97. The smallest absolute Gasteiger partial charge is 0.307 e. The first-order chi connectivity index (χ1) is 11.2. The minimum atomic E-state index is -1.09. The van der Waals surface area contributed by atoms with Gasteiger partial charge in [0.1, 0.15) is 11.5 Å². The van der Waals surface area contributed by atoms with Gasteiger partial charge in [0.05, 0.1) is 30.2 Å². The second kappa shape index (κ2) is 8.61. The molecule has 0 spiro atoms. The molecule has 9 heteroatoms. The van der Waals surface area contributed by atoms with E-state index in [1.54, 1.807) is 0 Å². The number of nitrogens with zero attached hydrogens (tertiary/aromatic N) is 1. The standard InChI is InChI=1S/C15H18N2O7/c1-9(18)4-7-14(19)24-10(2)15(20)16-12-6-5-11(17(21)22)8-13(12)23-3/h5-6,8,10H,4,7H2,1-3H3,(H,16,20)/t10-/m0/s1. The maximum atomic E-state index is 12.0. The summed E-state index contributed by atoms with van der Waals surface area (Å²) in [7, 11) is 1.31. The molecule has 9 nitrogen and oxygen atoms in total. The minimum Gasteiger partial charge on any atom is -0.494 e. The number of Topliss-reactive ketones (excluding diaryl/α,β-unsaturated/α-hetero) is 1. The number of esters is 1. The van der Waals surface area contributed by atoms with E-state index in [1.807, 2.05) is 0 Å². The first-order valence-corrected chi connectivity index (χ1v) is 7.06. The first-order valence-electron chi connectivity index (χ1n) is 7.06. The lowest BCUT2D eigenvalue weighted by Gasteiger charge is -2.15. The molecule has 0 aliphatic heterocycles. The van der Waals surface area contributed by atoms with E-state index in [2.05, 4.69) is 5.32 Å². The van der Waals surface area contributed by atoms with Crippen molar-refractivity contribution >= 4 is 29.0 Å². The molecule has 24 heavy (non-hydrogen) atoms. The Morgan fingerprint density at radius 3 is 2.50 bits per heavy atom. The zero-order valence-corrected chi connectivity index (χ0v) is 13.5. The fourth-order valence-corrected chi connectivity index (χ4v) is 1.72. The molecule has 0 heterocycles. The zero-order chi connectivity index (χ0) is 18.3. The van der Waals surface area contributed by atoms with Gasteiger partial charge in [-0.3, -0.25) is 19.7 Å². The summed E-state index contributed by atoms with van der Waals surface area (Å²) in [5.41, 5.74) is 0.0216. The van der Waals surface area contributed by atoms with Gasteiger partial charge < -0.3 is 19.6 Å². The van der Waals surface area contributed by atoms with E-state index in [4.69, 9.17) is 9.47 Å². The van der Waals surface area contributed by atoms with Gasteiger partial charge in [0, 0.05) is 12.5 Å². The lowest BCUT2D eigenvalue weighted by atomic mass is 10.2. The number of rotatable bonds is 8. The van der Waals surface area contributed by atoms with Gasteiger partial charge in [-0.05, 0) is 19.9 Å². The van der Waals surface area contributed by atoms with Gasteiger partial charge in [-0.1, -0.05) is 0 Å². The van der Waals surface area contributed by atoms with Gasteiger partial charge in [-0.15, -0.1) is 0 Å². The molecule has 1 rings (SSSR count). The van der Waals surface area contributed by atoms with Gasteiger partial charge in [0.15, 0.2) is 6.10 Å². The number of benzene rings is 1. The minimum absolute atomic E-state index is 0.0450. The van der Waals surface area contributed by atoms with Crippen LogP contribution in [0.25, 0.3) is 0 Å². The Morgan fingerprint density at radius 1 is 1.29 bits per heavy atom. The van der Waals surface area contributed by atoms with Crippen LogP contribution in [0.1, 0.15) is 26.7 Å². The monoisotopic (exact) mass is 338 g/mol. The maximum absolute atomic E-state index is 12.0. The SMILES string of the molecule is COc1cc([N+](=O)[O-])ccc1NC(=O)[C@H](C)OC(=O)CCC(C)=O. The fraction of sp³-hybridized carbons (Fsp3) is 0.400. The Bertz CT molecular complexity index is 657. The molecule has 0 aliphatic rings. The van der Waals surface area contributed by atoms with Crippen LogP contribution in [0.3, 0.4) is 0 Å². The third kappa shape index (κ3) is 5.67. The van der Waals surface area contributed by atoms with E-state index in [1.165, 1.54) is 39.2 Å². The van der Waals surface area contributed by atoms with Crippen molar-refractivity contribution in [3.05, 3.63) is 28.3 Å². The van der Waals surface area contributed by atoms with Crippen LogP contribution in [0.2, 0.25) is 0 Å². The van der Waals surface area contributed by atoms with Crippen LogP contribution in [0.5, 0.6) is 5.75 Å². The Morgan fingerprint density at radius 2 is 1.96 bits per heavy atom. The highest BCUT2D eigenvalue weighted by atomic mass is 16.6. The molecule has 1 aromatic carbocycles. The molecule has 1 atom stereocenters. The number of anilines is 1. The molecule has 0 saturated carbocycles. The number of ketones is 1. The molecular formula is C15H18N2O7. The van der Waals surface area contributed by atoms with E-state index in [9.17, 15) is 24.5 Å². The molecule has 0 bridgehead atoms. The summed E-state index contributed by atoms with van der Waals surface area (Å²) in [6.45, 7) is 2.73. The third-order valence-electron chi connectivity index (χ3n) is 3.01. The van der Waals surface area contributed by atoms with Crippen LogP contribution in [0, 0.1) is 10.1 Å². The lowest BCUT2D eigenvalue weighted by molar-refractivity contribution is -0.384. The average Bonchev–Trinajstić information content (AvgIpc) is 2.52. The molecule has 0 fully saturated rings. The Hall–Kier alpha value is -2.97. The van der Waals surface area contributed by atoms with Gasteiger partial charge in [0.2, 0.25) is 0 Å². The number of nitro groups is 1. The summed E-state index contributed by atoms with van der Waals surface area (Å²) >= 11 is 0. The molecular weight excluding hydrogens is 320 g/mol. The van der Waals surface area contributed by atoms with E-state index in [0.29, 0.717) is 0 Å². The third-order valence-corrected chi connectivity index (χ3v) is 3.01. The molecule has 0 unspecified atom stereocenters. The van der Waals surface area contributed by atoms with Crippen LogP contribution in [-0.4, -0.2) is 35.8 Å². The highest BCUT2D eigenvalue weighted by molar-refractivity contribution is 5.96. The molecule has 1 amide bonds. The number of hydrogen-bond acceptors (Lipinski definition) is 7. The summed E-state index contributed by atoms with van der Waals surface area (Å²) < 4.78 is 9.92. The number of non-ortho nitro benzene ring substituents is 1. The summed E-state index contributed by atoms with van der Waals surface area (Å²) in [4.78, 5) is 44.5. The number of nitro benzene ring substituents is 1. The molecule has 1 aromatic rings. The highest BCUT2D eigenvalue weighted by Crippen LogP contribution is 2.29. The van der Waals surface area contributed by atoms with Gasteiger partial charge in [-0.2, -0.15) is 0 Å². The molecule has 130 valence electrons. The quantitative estimate of drug-likeness (QED) is 0.435. The van der Waals surface area contributed by atoms with Crippen molar-refractivity contribution in [1.82, 2.24) is 0 Å². The van der Waals surface area contributed by atoms with Gasteiger partial charge >= 0.3 is 5.97 Å². The van der Waals surface area contributed by atoms with Crippen LogP contribution in [-0.2, 0) is 19.1 Å². The summed E-state index contributed by atoms with van der Waals surface area (Å²) in [5, 5.41) is 13.2. The molecule has 1 N–H and O–H groups in total. The van der Waals surface area contributed by atoms with E-state index in [-0.39, 0.29) is 35.7 Å². The molecule has 0 saturated heterocycles. The number of carbonyl (C=O) groups excluding carboxylic acids is 3. The molecule has 0 aliphatic carbocycles. The van der Waals surface area contributed by atoms with Crippen LogP contribution >= 0.6 is 0 Å². The number of methoxy groups -OCH3 is 1. The molecule has 0 radical (unpaired) electrons. The Balaban J connectivity index is 2.71. The predicted molar refractivity (Wildman–Crippen MR) is 83.7 cm³/mol. The zero-order valence-electron chi connectivity index (χ0n) is 13.5. The number of hydrogen-bond donors (Lipinski definition) is 1. The summed E-state index contributed by atoms with van der Waals surface area (Å²) in [6.07, 6.45) is -1.15. The van der Waals surface area contributed by atoms with Crippen molar-refractivity contribution in [2.45, 2.75) is 32.8 Å². The first kappa shape index (κ1) is 19.1. The number of ether oxygens (including phenoxy) is 2. The van der Waals surface area contributed by atoms with E-state index in [0.717, 1.165) is 0 Å². The van der Waals surface area contributed by atoms with Gasteiger partial charge in [0.25, 0.3) is 11.6 Å². The topological polar surface area (TPSA) is 125 Å². The number of carbonyl (C=O) groups is 3. The summed E-state index contributed by atoms with van der Waals surface area (Å²) in [5.74, 6) is -1.34. The maximum Gasteiger partial charge on any atom is 0.307 e. The van der Waals surface area contributed by atoms with Crippen molar-refractivity contribution in [3.63, 3.8) is 0 Å². The van der Waals surface area contributed by atoms with Crippen molar-refractivity contribution < 1.29 is 28.8 Å². The Labute approximate surface area is 138 Å².